The van der Waals surface area contributed by atoms with E-state index in [-0.39, 0.29) is 10.6 Å². The monoisotopic (exact) mass is 290 g/mol. The first-order valence-corrected chi connectivity index (χ1v) is 7.69. The molecule has 20 heavy (non-hydrogen) atoms. The van der Waals surface area contributed by atoms with Gasteiger partial charge in [-0.2, -0.15) is 0 Å². The summed E-state index contributed by atoms with van der Waals surface area (Å²) in [5.74, 6) is 0. The third-order valence-corrected chi connectivity index (χ3v) is 5.44. The van der Waals surface area contributed by atoms with Crippen molar-refractivity contribution in [3.8, 4) is 0 Å². The van der Waals surface area contributed by atoms with Crippen molar-refractivity contribution in [2.24, 2.45) is 0 Å². The highest BCUT2D eigenvalue weighted by molar-refractivity contribution is 7.93. The van der Waals surface area contributed by atoms with E-state index >= 15 is 0 Å². The van der Waals surface area contributed by atoms with Gasteiger partial charge in [0, 0.05) is 7.05 Å². The van der Waals surface area contributed by atoms with E-state index in [2.05, 4.69) is 0 Å². The van der Waals surface area contributed by atoms with Crippen LogP contribution in [0.1, 0.15) is 11.1 Å². The van der Waals surface area contributed by atoms with Crippen molar-refractivity contribution in [2.75, 3.05) is 17.1 Å². The smallest absolute Gasteiger partial charge is 0.266 e. The SMILES string of the molecule is Cc1ccc(N)c(S(=O)(=O)N(C)c2ccccc2)c1C. The highest BCUT2D eigenvalue weighted by Crippen LogP contribution is 2.30. The summed E-state index contributed by atoms with van der Waals surface area (Å²) < 4.78 is 26.8. The first kappa shape index (κ1) is 14.4. The lowest BCUT2D eigenvalue weighted by Gasteiger charge is -2.22. The Kier molecular flexibility index (Phi) is 3.72. The molecule has 5 heteroatoms. The molecule has 0 aromatic heterocycles. The fourth-order valence-corrected chi connectivity index (χ4v) is 3.65. The molecule has 0 amide bonds. The fourth-order valence-electron chi connectivity index (χ4n) is 2.07. The Bertz CT molecular complexity index is 725. The molecule has 106 valence electrons. The molecule has 0 spiro atoms. The predicted octanol–water partition coefficient (Wildman–Crippen LogP) is 2.71. The molecule has 0 atom stereocenters. The standard InChI is InChI=1S/C15H18N2O2S/c1-11-9-10-14(16)15(12(11)2)20(18,19)17(3)13-7-5-4-6-8-13/h4-10H,16H2,1-3H3. The molecule has 0 saturated heterocycles. The van der Waals surface area contributed by atoms with E-state index in [1.54, 1.807) is 37.3 Å². The quantitative estimate of drug-likeness (QED) is 0.884. The molecular formula is C15H18N2O2S. The summed E-state index contributed by atoms with van der Waals surface area (Å²) in [6, 6.07) is 12.4. The number of hydrogen-bond acceptors (Lipinski definition) is 3. The van der Waals surface area contributed by atoms with Gasteiger partial charge in [0.15, 0.2) is 0 Å². The van der Waals surface area contributed by atoms with Crippen molar-refractivity contribution in [3.05, 3.63) is 53.6 Å². The summed E-state index contributed by atoms with van der Waals surface area (Å²) in [6.45, 7) is 3.65. The summed E-state index contributed by atoms with van der Waals surface area (Å²) in [5, 5.41) is 0. The van der Waals surface area contributed by atoms with Crippen LogP contribution in [-0.4, -0.2) is 15.5 Å². The number of aryl methyl sites for hydroxylation is 1. The summed E-state index contributed by atoms with van der Waals surface area (Å²) in [7, 11) is -2.13. The third kappa shape index (κ3) is 2.36. The second-order valence-electron chi connectivity index (χ2n) is 4.73. The molecule has 2 aromatic rings. The van der Waals surface area contributed by atoms with Crippen molar-refractivity contribution >= 4 is 21.4 Å². The number of anilines is 2. The van der Waals surface area contributed by atoms with Gasteiger partial charge in [-0.3, -0.25) is 4.31 Å². The van der Waals surface area contributed by atoms with Crippen LogP contribution in [0.5, 0.6) is 0 Å². The van der Waals surface area contributed by atoms with Gasteiger partial charge in [0.25, 0.3) is 10.0 Å². The summed E-state index contributed by atoms with van der Waals surface area (Å²) in [5.41, 5.74) is 8.35. The maximum absolute atomic E-state index is 12.8. The average molecular weight is 290 g/mol. The van der Waals surface area contributed by atoms with E-state index in [1.807, 2.05) is 19.1 Å². The second kappa shape index (κ2) is 5.17. The summed E-state index contributed by atoms with van der Waals surface area (Å²) >= 11 is 0. The molecule has 0 aliphatic carbocycles. The number of hydrogen-bond donors (Lipinski definition) is 1. The predicted molar refractivity (Wildman–Crippen MR) is 82.4 cm³/mol. The zero-order valence-corrected chi connectivity index (χ0v) is 12.6. The van der Waals surface area contributed by atoms with Crippen LogP contribution in [-0.2, 0) is 10.0 Å². The summed E-state index contributed by atoms with van der Waals surface area (Å²) in [4.78, 5) is 0.184. The minimum absolute atomic E-state index is 0.184. The molecule has 0 unspecified atom stereocenters. The minimum Gasteiger partial charge on any atom is -0.398 e. The Morgan fingerprint density at radius 2 is 1.60 bits per heavy atom. The Morgan fingerprint density at radius 1 is 1.00 bits per heavy atom. The van der Waals surface area contributed by atoms with Crippen molar-refractivity contribution in [1.82, 2.24) is 0 Å². The molecule has 2 N–H and O–H groups in total. The molecule has 4 nitrogen and oxygen atoms in total. The highest BCUT2D eigenvalue weighted by atomic mass is 32.2. The zero-order valence-electron chi connectivity index (χ0n) is 11.8. The molecular weight excluding hydrogens is 272 g/mol. The van der Waals surface area contributed by atoms with Gasteiger partial charge in [-0.15, -0.1) is 0 Å². The lowest BCUT2D eigenvalue weighted by Crippen LogP contribution is -2.28. The number of nitrogen functional groups attached to an aromatic ring is 1. The molecule has 0 radical (unpaired) electrons. The van der Waals surface area contributed by atoms with Crippen LogP contribution in [0.3, 0.4) is 0 Å². The van der Waals surface area contributed by atoms with Gasteiger partial charge in [0.1, 0.15) is 4.90 Å². The number of para-hydroxylation sites is 1. The number of rotatable bonds is 3. The fraction of sp³-hybridized carbons (Fsp3) is 0.200. The van der Waals surface area contributed by atoms with E-state index in [1.165, 1.54) is 11.4 Å². The number of nitrogens with two attached hydrogens (primary N) is 1. The van der Waals surface area contributed by atoms with Gasteiger partial charge in [0.2, 0.25) is 0 Å². The summed E-state index contributed by atoms with van der Waals surface area (Å²) in [6.07, 6.45) is 0. The number of sulfonamides is 1. The van der Waals surface area contributed by atoms with Crippen LogP contribution in [0.2, 0.25) is 0 Å². The maximum Gasteiger partial charge on any atom is 0.266 e. The molecule has 2 rings (SSSR count). The first-order valence-electron chi connectivity index (χ1n) is 6.25. The Hall–Kier alpha value is -2.01. The molecule has 0 fully saturated rings. The molecule has 2 aromatic carbocycles. The normalized spacial score (nSPS) is 11.3. The molecule has 0 aliphatic heterocycles. The van der Waals surface area contributed by atoms with Crippen LogP contribution in [0.4, 0.5) is 11.4 Å². The van der Waals surface area contributed by atoms with Crippen molar-refractivity contribution in [2.45, 2.75) is 18.7 Å². The van der Waals surface area contributed by atoms with Crippen LogP contribution in [0.25, 0.3) is 0 Å². The number of nitrogens with zero attached hydrogens (tertiary/aromatic N) is 1. The topological polar surface area (TPSA) is 63.4 Å². The largest absolute Gasteiger partial charge is 0.398 e. The lowest BCUT2D eigenvalue weighted by molar-refractivity contribution is 0.594. The van der Waals surface area contributed by atoms with E-state index < -0.39 is 10.0 Å². The van der Waals surface area contributed by atoms with Gasteiger partial charge < -0.3 is 5.73 Å². The van der Waals surface area contributed by atoms with Crippen LogP contribution >= 0.6 is 0 Å². The van der Waals surface area contributed by atoms with Crippen molar-refractivity contribution in [1.29, 1.82) is 0 Å². The third-order valence-electron chi connectivity index (χ3n) is 3.45. The average Bonchev–Trinajstić information content (AvgIpc) is 2.43. The Morgan fingerprint density at radius 3 is 2.20 bits per heavy atom. The van der Waals surface area contributed by atoms with Gasteiger partial charge in [-0.05, 0) is 43.2 Å². The van der Waals surface area contributed by atoms with Crippen LogP contribution in [0, 0.1) is 13.8 Å². The zero-order chi connectivity index (χ0) is 14.9. The van der Waals surface area contributed by atoms with Crippen LogP contribution < -0.4 is 10.0 Å². The lowest BCUT2D eigenvalue weighted by atomic mass is 10.1. The molecule has 0 heterocycles. The minimum atomic E-state index is -3.67. The van der Waals surface area contributed by atoms with E-state index in [0.29, 0.717) is 11.3 Å². The Balaban J connectivity index is 2.60. The number of benzene rings is 2. The van der Waals surface area contributed by atoms with Gasteiger partial charge >= 0.3 is 0 Å². The van der Waals surface area contributed by atoms with E-state index in [0.717, 1.165) is 5.56 Å². The Labute approximate surface area is 119 Å². The first-order chi connectivity index (χ1) is 9.35. The molecule has 0 aliphatic rings. The van der Waals surface area contributed by atoms with Gasteiger partial charge in [-0.25, -0.2) is 8.42 Å². The van der Waals surface area contributed by atoms with E-state index in [9.17, 15) is 8.42 Å². The van der Waals surface area contributed by atoms with Crippen molar-refractivity contribution in [3.63, 3.8) is 0 Å². The van der Waals surface area contributed by atoms with Crippen LogP contribution in [0.15, 0.2) is 47.4 Å². The maximum atomic E-state index is 12.8. The van der Waals surface area contributed by atoms with Crippen molar-refractivity contribution < 1.29 is 8.42 Å². The second-order valence-corrected chi connectivity index (χ2v) is 6.64. The van der Waals surface area contributed by atoms with Gasteiger partial charge in [-0.1, -0.05) is 24.3 Å². The molecule has 0 bridgehead atoms. The van der Waals surface area contributed by atoms with Gasteiger partial charge in [0.05, 0.1) is 11.4 Å². The highest BCUT2D eigenvalue weighted by Gasteiger charge is 2.26. The van der Waals surface area contributed by atoms with E-state index in [4.69, 9.17) is 5.73 Å². The molecule has 0 saturated carbocycles.